The van der Waals surface area contributed by atoms with Crippen LogP contribution in [0.4, 0.5) is 5.82 Å². The molecule has 0 saturated carbocycles. The molecule has 0 aliphatic rings. The Kier molecular flexibility index (Phi) is 3.47. The van der Waals surface area contributed by atoms with Crippen molar-refractivity contribution >= 4 is 17.6 Å². The summed E-state index contributed by atoms with van der Waals surface area (Å²) in [5, 5.41) is 21.5. The highest BCUT2D eigenvalue weighted by atomic mass is 32.2. The summed E-state index contributed by atoms with van der Waals surface area (Å²) in [4.78, 5) is 17.4. The van der Waals surface area contributed by atoms with Crippen molar-refractivity contribution in [2.24, 2.45) is 0 Å². The molecule has 2 aromatic heterocycles. The molecule has 0 radical (unpaired) electrons. The van der Waals surface area contributed by atoms with Gasteiger partial charge in [-0.1, -0.05) is 0 Å². The van der Waals surface area contributed by atoms with Crippen LogP contribution in [-0.4, -0.2) is 14.9 Å². The van der Waals surface area contributed by atoms with Crippen LogP contribution in [0.15, 0.2) is 35.6 Å². The Bertz CT molecular complexity index is 572. The van der Waals surface area contributed by atoms with Gasteiger partial charge in [-0.3, -0.25) is 0 Å². The topological polar surface area (TPSA) is 98.8 Å². The van der Waals surface area contributed by atoms with Crippen molar-refractivity contribution in [3.63, 3.8) is 0 Å². The van der Waals surface area contributed by atoms with E-state index in [1.165, 1.54) is 30.4 Å². The summed E-state index contributed by atoms with van der Waals surface area (Å²) in [6, 6.07) is 3.44. The summed E-state index contributed by atoms with van der Waals surface area (Å²) in [7, 11) is 0. The molecule has 2 heterocycles. The molecule has 0 aliphatic heterocycles. The fourth-order valence-corrected chi connectivity index (χ4v) is 2.35. The second-order valence-electron chi connectivity index (χ2n) is 3.57. The highest BCUT2D eigenvalue weighted by Crippen LogP contribution is 2.32. The quantitative estimate of drug-likeness (QED) is 0.299. The molecular weight excluding hydrogens is 256 g/mol. The first-order valence-corrected chi connectivity index (χ1v) is 5.99. The first kappa shape index (κ1) is 12.4. The van der Waals surface area contributed by atoms with Gasteiger partial charge in [0.1, 0.15) is 6.20 Å². The second-order valence-corrected chi connectivity index (χ2v) is 4.98. The van der Waals surface area contributed by atoms with E-state index in [1.54, 1.807) is 12.1 Å². The Hall–Kier alpha value is -2.09. The lowest BCUT2D eigenvalue weighted by Crippen LogP contribution is -2.23. The molecule has 0 fully saturated rings. The van der Waals surface area contributed by atoms with Crippen molar-refractivity contribution in [3.8, 4) is 0 Å². The van der Waals surface area contributed by atoms with Gasteiger partial charge in [-0.25, -0.2) is 9.97 Å². The molecule has 1 unspecified atom stereocenters. The number of hydrogen-bond acceptors (Lipinski definition) is 5. The highest BCUT2D eigenvalue weighted by molar-refractivity contribution is 7.99. The largest absolute Gasteiger partial charge is 0.619 e. The molecule has 18 heavy (non-hydrogen) atoms. The monoisotopic (exact) mass is 266 g/mol. The van der Waals surface area contributed by atoms with Crippen LogP contribution in [0.25, 0.3) is 0 Å². The minimum Gasteiger partial charge on any atom is -0.619 e. The molecule has 8 heteroatoms. The van der Waals surface area contributed by atoms with Crippen molar-refractivity contribution in [3.05, 3.63) is 51.9 Å². The van der Waals surface area contributed by atoms with E-state index in [4.69, 9.17) is 0 Å². The SMILES string of the molecule is CC(Sc1ccc[n+]([O-])c1)c1ncc([N+](=O)[O-])[nH]1. The zero-order valence-electron chi connectivity index (χ0n) is 9.44. The van der Waals surface area contributed by atoms with Crippen LogP contribution in [0.1, 0.15) is 18.0 Å². The van der Waals surface area contributed by atoms with Crippen molar-refractivity contribution in [2.75, 3.05) is 0 Å². The molecule has 94 valence electrons. The Balaban J connectivity index is 2.11. The maximum atomic E-state index is 11.1. The molecule has 0 bridgehead atoms. The van der Waals surface area contributed by atoms with Crippen molar-refractivity contribution < 1.29 is 9.65 Å². The zero-order chi connectivity index (χ0) is 13.1. The van der Waals surface area contributed by atoms with Gasteiger partial charge in [0.25, 0.3) is 0 Å². The predicted octanol–water partition coefficient (Wildman–Crippen LogP) is 1.80. The van der Waals surface area contributed by atoms with Gasteiger partial charge >= 0.3 is 5.82 Å². The lowest BCUT2D eigenvalue weighted by molar-refractivity contribution is -0.607. The van der Waals surface area contributed by atoms with Crippen LogP contribution >= 0.6 is 11.8 Å². The zero-order valence-corrected chi connectivity index (χ0v) is 10.3. The van der Waals surface area contributed by atoms with Crippen LogP contribution in [0.2, 0.25) is 0 Å². The van der Waals surface area contributed by atoms with Crippen molar-refractivity contribution in [2.45, 2.75) is 17.1 Å². The summed E-state index contributed by atoms with van der Waals surface area (Å²) >= 11 is 1.40. The minimum atomic E-state index is -0.526. The highest BCUT2D eigenvalue weighted by Gasteiger charge is 2.18. The summed E-state index contributed by atoms with van der Waals surface area (Å²) in [6.45, 7) is 1.86. The number of aromatic amines is 1. The van der Waals surface area contributed by atoms with Crippen molar-refractivity contribution in [1.82, 2.24) is 9.97 Å². The summed E-state index contributed by atoms with van der Waals surface area (Å²) in [5.41, 5.74) is 0. The third-order valence-corrected chi connectivity index (χ3v) is 3.32. The summed E-state index contributed by atoms with van der Waals surface area (Å²) in [5.74, 6) is 0.373. The Labute approximate surface area is 107 Å². The molecule has 2 rings (SSSR count). The van der Waals surface area contributed by atoms with Crippen molar-refractivity contribution in [1.29, 1.82) is 0 Å². The third kappa shape index (κ3) is 2.77. The van der Waals surface area contributed by atoms with E-state index in [2.05, 4.69) is 9.97 Å². The fourth-order valence-electron chi connectivity index (χ4n) is 1.39. The van der Waals surface area contributed by atoms with Gasteiger partial charge in [0, 0.05) is 6.07 Å². The standard InChI is InChI=1S/C10H10N4O3S/c1-7(10-11-5-9(12-10)14(16)17)18-8-3-2-4-13(15)6-8/h2-7H,1H3,(H,11,12). The van der Waals surface area contributed by atoms with E-state index in [-0.39, 0.29) is 11.1 Å². The van der Waals surface area contributed by atoms with Crippen LogP contribution in [0.3, 0.4) is 0 Å². The number of thioether (sulfide) groups is 1. The normalized spacial score (nSPS) is 12.3. The number of nitro groups is 1. The minimum absolute atomic E-state index is 0.110. The van der Waals surface area contributed by atoms with Gasteiger partial charge in [0.05, 0.1) is 10.1 Å². The lowest BCUT2D eigenvalue weighted by atomic mass is 10.4. The van der Waals surface area contributed by atoms with E-state index in [1.807, 2.05) is 6.92 Å². The molecule has 1 atom stereocenters. The van der Waals surface area contributed by atoms with Crippen LogP contribution in [0.5, 0.6) is 0 Å². The van der Waals surface area contributed by atoms with Gasteiger partial charge in [-0.05, 0) is 17.9 Å². The molecule has 0 aliphatic carbocycles. The van der Waals surface area contributed by atoms with E-state index in [0.717, 1.165) is 4.90 Å². The number of aromatic nitrogens is 3. The first-order chi connectivity index (χ1) is 8.56. The number of rotatable bonds is 4. The van der Waals surface area contributed by atoms with Crippen LogP contribution < -0.4 is 4.73 Å². The molecule has 0 aromatic carbocycles. The molecule has 0 spiro atoms. The number of imidazole rings is 1. The van der Waals surface area contributed by atoms with E-state index in [0.29, 0.717) is 10.6 Å². The van der Waals surface area contributed by atoms with E-state index >= 15 is 0 Å². The van der Waals surface area contributed by atoms with Crippen LogP contribution in [0, 0.1) is 15.3 Å². The van der Waals surface area contributed by atoms with E-state index < -0.39 is 4.92 Å². The number of H-pyrrole nitrogens is 1. The summed E-state index contributed by atoms with van der Waals surface area (Å²) in [6.07, 6.45) is 4.02. The summed E-state index contributed by atoms with van der Waals surface area (Å²) < 4.78 is 0.708. The maximum Gasteiger partial charge on any atom is 0.340 e. The second kappa shape index (κ2) is 5.05. The van der Waals surface area contributed by atoms with Crippen LogP contribution in [-0.2, 0) is 0 Å². The molecule has 1 N–H and O–H groups in total. The molecule has 2 aromatic rings. The van der Waals surface area contributed by atoms with Gasteiger partial charge in [-0.15, -0.1) is 11.8 Å². The number of pyridine rings is 1. The third-order valence-electron chi connectivity index (χ3n) is 2.22. The number of nitrogens with zero attached hydrogens (tertiary/aromatic N) is 3. The molecular formula is C10H10N4O3S. The molecule has 0 saturated heterocycles. The average Bonchev–Trinajstić information content (AvgIpc) is 2.78. The van der Waals surface area contributed by atoms with E-state index in [9.17, 15) is 15.3 Å². The fraction of sp³-hybridized carbons (Fsp3) is 0.200. The molecule has 7 nitrogen and oxygen atoms in total. The Morgan fingerprint density at radius 2 is 2.39 bits per heavy atom. The Morgan fingerprint density at radius 1 is 1.61 bits per heavy atom. The van der Waals surface area contributed by atoms with Gasteiger partial charge in [0.15, 0.2) is 12.4 Å². The maximum absolute atomic E-state index is 11.1. The smallest absolute Gasteiger partial charge is 0.340 e. The lowest BCUT2D eigenvalue weighted by Gasteiger charge is -2.05. The molecule has 0 amide bonds. The number of nitrogens with one attached hydrogen (secondary N) is 1. The Morgan fingerprint density at radius 3 is 3.00 bits per heavy atom. The van der Waals surface area contributed by atoms with Gasteiger partial charge < -0.3 is 15.3 Å². The van der Waals surface area contributed by atoms with Gasteiger partial charge in [0.2, 0.25) is 5.82 Å². The average molecular weight is 266 g/mol. The first-order valence-electron chi connectivity index (χ1n) is 5.11. The predicted molar refractivity (Wildman–Crippen MR) is 64.9 cm³/mol. The number of hydrogen-bond donors (Lipinski definition) is 1. The van der Waals surface area contributed by atoms with Gasteiger partial charge in [-0.2, -0.15) is 4.73 Å².